The van der Waals surface area contributed by atoms with Crippen LogP contribution >= 0.6 is 11.6 Å². The van der Waals surface area contributed by atoms with Gasteiger partial charge in [0.2, 0.25) is 5.91 Å². The topological polar surface area (TPSA) is 32.3 Å². The Kier molecular flexibility index (Phi) is 4.71. The van der Waals surface area contributed by atoms with Crippen molar-refractivity contribution >= 4 is 17.5 Å². The van der Waals surface area contributed by atoms with Crippen LogP contribution in [-0.4, -0.2) is 29.9 Å². The Bertz CT molecular complexity index is 466. The van der Waals surface area contributed by atoms with E-state index in [0.29, 0.717) is 0 Å². The van der Waals surface area contributed by atoms with Crippen molar-refractivity contribution < 1.29 is 4.79 Å². The van der Waals surface area contributed by atoms with Gasteiger partial charge in [0.15, 0.2) is 0 Å². The van der Waals surface area contributed by atoms with Gasteiger partial charge >= 0.3 is 0 Å². The van der Waals surface area contributed by atoms with Gasteiger partial charge in [0, 0.05) is 12.1 Å². The Hall–Kier alpha value is -1.06. The zero-order chi connectivity index (χ0) is 14.8. The van der Waals surface area contributed by atoms with Crippen molar-refractivity contribution in [1.82, 2.24) is 10.2 Å². The third kappa shape index (κ3) is 2.84. The number of benzene rings is 1. The van der Waals surface area contributed by atoms with E-state index < -0.39 is 0 Å². The summed E-state index contributed by atoms with van der Waals surface area (Å²) in [7, 11) is 1.89. The van der Waals surface area contributed by atoms with Crippen LogP contribution in [0.15, 0.2) is 24.3 Å². The van der Waals surface area contributed by atoms with Gasteiger partial charge in [-0.3, -0.25) is 4.79 Å². The molecule has 1 saturated heterocycles. The van der Waals surface area contributed by atoms with E-state index in [1.54, 1.807) is 0 Å². The van der Waals surface area contributed by atoms with Gasteiger partial charge in [-0.25, -0.2) is 0 Å². The molecule has 0 aromatic heterocycles. The highest BCUT2D eigenvalue weighted by molar-refractivity contribution is 6.30. The lowest BCUT2D eigenvalue weighted by molar-refractivity contribution is -0.138. The first-order chi connectivity index (χ1) is 9.50. The van der Waals surface area contributed by atoms with Crippen LogP contribution in [0.2, 0.25) is 5.02 Å². The highest BCUT2D eigenvalue weighted by Crippen LogP contribution is 2.29. The molecule has 0 aliphatic carbocycles. The Morgan fingerprint density at radius 2 is 2.10 bits per heavy atom. The van der Waals surface area contributed by atoms with Crippen LogP contribution in [-0.2, 0) is 4.79 Å². The molecule has 110 valence electrons. The van der Waals surface area contributed by atoms with Gasteiger partial charge in [-0.1, -0.05) is 30.7 Å². The van der Waals surface area contributed by atoms with Crippen LogP contribution in [0.5, 0.6) is 0 Å². The largest absolute Gasteiger partial charge is 0.337 e. The summed E-state index contributed by atoms with van der Waals surface area (Å²) in [6.07, 6.45) is 2.84. The summed E-state index contributed by atoms with van der Waals surface area (Å²) in [5.74, 6) is 0.194. The van der Waals surface area contributed by atoms with E-state index in [2.05, 4.69) is 19.2 Å². The van der Waals surface area contributed by atoms with Crippen molar-refractivity contribution in [3.8, 4) is 0 Å². The molecule has 1 amide bonds. The maximum atomic E-state index is 12.8. The van der Waals surface area contributed by atoms with Gasteiger partial charge in [-0.2, -0.15) is 0 Å². The maximum Gasteiger partial charge on any atom is 0.243 e. The van der Waals surface area contributed by atoms with Crippen LogP contribution in [0.4, 0.5) is 0 Å². The minimum Gasteiger partial charge on any atom is -0.337 e. The van der Waals surface area contributed by atoms with E-state index in [9.17, 15) is 4.79 Å². The third-order valence-electron chi connectivity index (χ3n) is 4.51. The van der Waals surface area contributed by atoms with Crippen molar-refractivity contribution in [3.63, 3.8) is 0 Å². The number of halogens is 1. The van der Waals surface area contributed by atoms with E-state index in [1.807, 2.05) is 36.2 Å². The summed E-state index contributed by atoms with van der Waals surface area (Å²) in [4.78, 5) is 14.7. The molecule has 0 saturated carbocycles. The average Bonchev–Trinajstić information content (AvgIpc) is 2.96. The first-order valence-corrected chi connectivity index (χ1v) is 7.66. The van der Waals surface area contributed by atoms with Gasteiger partial charge in [0.25, 0.3) is 0 Å². The van der Waals surface area contributed by atoms with Gasteiger partial charge in [0.05, 0.1) is 11.6 Å². The summed E-state index contributed by atoms with van der Waals surface area (Å²) in [5, 5.41) is 4.12. The molecule has 2 unspecified atom stereocenters. The van der Waals surface area contributed by atoms with E-state index in [0.717, 1.165) is 36.4 Å². The molecule has 0 spiro atoms. The Labute approximate surface area is 126 Å². The van der Waals surface area contributed by atoms with Crippen molar-refractivity contribution in [1.29, 1.82) is 0 Å². The number of nitrogens with zero attached hydrogens (tertiary/aromatic N) is 1. The van der Waals surface area contributed by atoms with Crippen LogP contribution in [0.25, 0.3) is 0 Å². The minimum absolute atomic E-state index is 0.0468. The van der Waals surface area contributed by atoms with Crippen molar-refractivity contribution in [2.75, 3.05) is 13.6 Å². The number of amides is 1. The molecule has 3 nitrogen and oxygen atoms in total. The van der Waals surface area contributed by atoms with Crippen LogP contribution < -0.4 is 5.32 Å². The Morgan fingerprint density at radius 3 is 2.60 bits per heavy atom. The molecule has 1 N–H and O–H groups in total. The number of hydrogen-bond acceptors (Lipinski definition) is 2. The van der Waals surface area contributed by atoms with Crippen LogP contribution in [0.1, 0.15) is 44.7 Å². The standard InChI is InChI=1S/C16H23ClN2O/c1-4-16(10-5-11-18-16)15(20)19(3)12(2)13-6-8-14(17)9-7-13/h6-9,12,18H,4-5,10-11H2,1-3H3. The van der Waals surface area contributed by atoms with E-state index in [1.165, 1.54) is 0 Å². The summed E-state index contributed by atoms with van der Waals surface area (Å²) in [6, 6.07) is 7.75. The normalized spacial score (nSPS) is 23.6. The summed E-state index contributed by atoms with van der Waals surface area (Å²) in [5.41, 5.74) is 0.740. The Balaban J connectivity index is 2.15. The van der Waals surface area contributed by atoms with Gasteiger partial charge in [0.1, 0.15) is 0 Å². The lowest BCUT2D eigenvalue weighted by Gasteiger charge is -2.35. The fraction of sp³-hybridized carbons (Fsp3) is 0.562. The third-order valence-corrected chi connectivity index (χ3v) is 4.76. The molecule has 2 atom stereocenters. The quantitative estimate of drug-likeness (QED) is 0.923. The molecule has 4 heteroatoms. The van der Waals surface area contributed by atoms with E-state index >= 15 is 0 Å². The predicted octanol–water partition coefficient (Wildman–Crippen LogP) is 3.39. The fourth-order valence-corrected chi connectivity index (χ4v) is 3.05. The lowest BCUT2D eigenvalue weighted by atomic mass is 9.91. The van der Waals surface area contributed by atoms with E-state index in [-0.39, 0.29) is 17.5 Å². The lowest BCUT2D eigenvalue weighted by Crippen LogP contribution is -2.53. The second-order valence-corrected chi connectivity index (χ2v) is 6.05. The Morgan fingerprint density at radius 1 is 1.45 bits per heavy atom. The molecular formula is C16H23ClN2O. The first kappa shape index (κ1) is 15.3. The summed E-state index contributed by atoms with van der Waals surface area (Å²) >= 11 is 5.92. The van der Waals surface area contributed by atoms with Crippen LogP contribution in [0.3, 0.4) is 0 Å². The molecule has 1 aromatic rings. The van der Waals surface area contributed by atoms with E-state index in [4.69, 9.17) is 11.6 Å². The highest BCUT2D eigenvalue weighted by atomic mass is 35.5. The van der Waals surface area contributed by atoms with Gasteiger partial charge in [-0.05, 0) is 50.4 Å². The fourth-order valence-electron chi connectivity index (χ4n) is 2.92. The summed E-state index contributed by atoms with van der Waals surface area (Å²) < 4.78 is 0. The SMILES string of the molecule is CCC1(C(=O)N(C)C(C)c2ccc(Cl)cc2)CCCN1. The molecule has 2 rings (SSSR count). The van der Waals surface area contributed by atoms with Crippen molar-refractivity contribution in [3.05, 3.63) is 34.9 Å². The maximum absolute atomic E-state index is 12.8. The monoisotopic (exact) mass is 294 g/mol. The summed E-state index contributed by atoms with van der Waals surface area (Å²) in [6.45, 7) is 5.07. The zero-order valence-corrected chi connectivity index (χ0v) is 13.2. The number of rotatable bonds is 4. The number of likely N-dealkylation sites (N-methyl/N-ethyl adjacent to an activating group) is 1. The van der Waals surface area contributed by atoms with Crippen molar-refractivity contribution in [2.24, 2.45) is 0 Å². The molecule has 1 aromatic carbocycles. The number of carbonyl (C=O) groups excluding carboxylic acids is 1. The number of hydrogen-bond donors (Lipinski definition) is 1. The average molecular weight is 295 g/mol. The molecule has 1 aliphatic heterocycles. The molecule has 1 heterocycles. The number of nitrogens with one attached hydrogen (secondary N) is 1. The molecule has 20 heavy (non-hydrogen) atoms. The predicted molar refractivity (Wildman–Crippen MR) is 82.9 cm³/mol. The van der Waals surface area contributed by atoms with Crippen molar-refractivity contribution in [2.45, 2.75) is 44.7 Å². The molecular weight excluding hydrogens is 272 g/mol. The first-order valence-electron chi connectivity index (χ1n) is 7.28. The smallest absolute Gasteiger partial charge is 0.243 e. The second-order valence-electron chi connectivity index (χ2n) is 5.61. The highest BCUT2D eigenvalue weighted by Gasteiger charge is 2.41. The minimum atomic E-state index is -0.366. The zero-order valence-electron chi connectivity index (χ0n) is 12.4. The molecule has 0 bridgehead atoms. The molecule has 1 fully saturated rings. The second kappa shape index (κ2) is 6.15. The van der Waals surface area contributed by atoms with Gasteiger partial charge in [-0.15, -0.1) is 0 Å². The molecule has 0 radical (unpaired) electrons. The van der Waals surface area contributed by atoms with Gasteiger partial charge < -0.3 is 10.2 Å². The number of carbonyl (C=O) groups is 1. The molecule has 1 aliphatic rings. The van der Waals surface area contributed by atoms with Crippen LogP contribution in [0, 0.1) is 0 Å².